The van der Waals surface area contributed by atoms with Crippen LogP contribution < -0.4 is 0 Å². The van der Waals surface area contributed by atoms with Crippen LogP contribution in [0.1, 0.15) is 6.92 Å². The lowest BCUT2D eigenvalue weighted by Crippen LogP contribution is -2.50. The van der Waals surface area contributed by atoms with Crippen LogP contribution in [0.25, 0.3) is 0 Å². The van der Waals surface area contributed by atoms with Gasteiger partial charge in [-0.1, -0.05) is 0 Å². The molecule has 4 heteroatoms. The van der Waals surface area contributed by atoms with Crippen molar-refractivity contribution in [3.8, 4) is 0 Å². The lowest BCUT2D eigenvalue weighted by atomic mass is 10.2. The molecule has 1 saturated heterocycles. The van der Waals surface area contributed by atoms with E-state index in [9.17, 15) is 9.59 Å². The van der Waals surface area contributed by atoms with Gasteiger partial charge in [0.15, 0.2) is 5.78 Å². The fourth-order valence-electron chi connectivity index (χ4n) is 0.723. The largest absolute Gasteiger partial charge is 0.450 e. The van der Waals surface area contributed by atoms with Crippen molar-refractivity contribution in [3.05, 3.63) is 0 Å². The highest BCUT2D eigenvalue weighted by Crippen LogP contribution is 2.03. The van der Waals surface area contributed by atoms with Crippen molar-refractivity contribution in [3.63, 3.8) is 0 Å². The number of carbonyl (C=O) groups is 2. The number of ketones is 1. The zero-order valence-corrected chi connectivity index (χ0v) is 5.79. The SMILES string of the molecule is CCOC(=O)N1CC(=O)C1. The molecular formula is C6H9NO3. The predicted molar refractivity (Wildman–Crippen MR) is 33.6 cm³/mol. The van der Waals surface area contributed by atoms with Crippen molar-refractivity contribution in [2.45, 2.75) is 6.92 Å². The van der Waals surface area contributed by atoms with Crippen LogP contribution in [0.4, 0.5) is 4.79 Å². The second-order valence-electron chi connectivity index (χ2n) is 2.09. The van der Waals surface area contributed by atoms with Gasteiger partial charge in [0.25, 0.3) is 0 Å². The summed E-state index contributed by atoms with van der Waals surface area (Å²) in [5.41, 5.74) is 0. The quantitative estimate of drug-likeness (QED) is 0.520. The van der Waals surface area contributed by atoms with Gasteiger partial charge in [-0.15, -0.1) is 0 Å². The van der Waals surface area contributed by atoms with Gasteiger partial charge in [-0.3, -0.25) is 9.69 Å². The average Bonchev–Trinajstić information content (AvgIpc) is 1.82. The van der Waals surface area contributed by atoms with Crippen molar-refractivity contribution >= 4 is 11.9 Å². The number of carbonyl (C=O) groups excluding carboxylic acids is 2. The van der Waals surface area contributed by atoms with E-state index in [1.165, 1.54) is 4.90 Å². The minimum absolute atomic E-state index is 0.0908. The maximum absolute atomic E-state index is 10.7. The molecule has 0 aliphatic carbocycles. The van der Waals surface area contributed by atoms with Crippen LogP contribution in [0.3, 0.4) is 0 Å². The van der Waals surface area contributed by atoms with Crippen LogP contribution in [0.2, 0.25) is 0 Å². The molecule has 4 nitrogen and oxygen atoms in total. The van der Waals surface area contributed by atoms with Crippen LogP contribution >= 0.6 is 0 Å². The number of hydrogen-bond acceptors (Lipinski definition) is 3. The molecule has 0 saturated carbocycles. The topological polar surface area (TPSA) is 46.6 Å². The van der Waals surface area contributed by atoms with Crippen LogP contribution in [0.5, 0.6) is 0 Å². The van der Waals surface area contributed by atoms with Crippen LogP contribution in [0, 0.1) is 0 Å². The second-order valence-corrected chi connectivity index (χ2v) is 2.09. The fourth-order valence-corrected chi connectivity index (χ4v) is 0.723. The Morgan fingerprint density at radius 3 is 2.70 bits per heavy atom. The van der Waals surface area contributed by atoms with E-state index >= 15 is 0 Å². The van der Waals surface area contributed by atoms with E-state index in [1.54, 1.807) is 6.92 Å². The van der Waals surface area contributed by atoms with E-state index < -0.39 is 0 Å². The Kier molecular flexibility index (Phi) is 1.89. The predicted octanol–water partition coefficient (Wildman–Crippen LogP) is 0.0276. The first-order chi connectivity index (χ1) is 4.74. The van der Waals surface area contributed by atoms with Gasteiger partial charge in [0.1, 0.15) is 0 Å². The van der Waals surface area contributed by atoms with Crippen LogP contribution in [0.15, 0.2) is 0 Å². The highest BCUT2D eigenvalue weighted by molar-refractivity contribution is 5.94. The summed E-state index contributed by atoms with van der Waals surface area (Å²) >= 11 is 0. The summed E-state index contributed by atoms with van der Waals surface area (Å²) in [5.74, 6) is 0.0908. The van der Waals surface area contributed by atoms with E-state index in [4.69, 9.17) is 0 Å². The molecule has 0 radical (unpaired) electrons. The van der Waals surface area contributed by atoms with Crippen molar-refractivity contribution < 1.29 is 14.3 Å². The molecule has 1 amide bonds. The Morgan fingerprint density at radius 1 is 1.70 bits per heavy atom. The summed E-state index contributed by atoms with van der Waals surface area (Å²) in [4.78, 5) is 22.5. The van der Waals surface area contributed by atoms with Gasteiger partial charge < -0.3 is 4.74 Å². The molecule has 0 atom stereocenters. The zero-order valence-electron chi connectivity index (χ0n) is 5.79. The molecule has 0 unspecified atom stereocenters. The van der Waals surface area contributed by atoms with Gasteiger partial charge in [-0.05, 0) is 6.92 Å². The molecule has 1 aliphatic heterocycles. The zero-order chi connectivity index (χ0) is 7.56. The van der Waals surface area contributed by atoms with Crippen molar-refractivity contribution in [2.75, 3.05) is 19.7 Å². The molecule has 1 heterocycles. The molecule has 0 spiro atoms. The second kappa shape index (κ2) is 2.68. The van der Waals surface area contributed by atoms with Gasteiger partial charge >= 0.3 is 6.09 Å². The maximum atomic E-state index is 10.7. The molecule has 56 valence electrons. The molecule has 1 rings (SSSR count). The van der Waals surface area contributed by atoms with Gasteiger partial charge in [0, 0.05) is 0 Å². The van der Waals surface area contributed by atoms with Gasteiger partial charge in [0.05, 0.1) is 19.7 Å². The molecule has 0 aromatic carbocycles. The monoisotopic (exact) mass is 143 g/mol. The number of rotatable bonds is 1. The smallest absolute Gasteiger partial charge is 0.410 e. The number of amides is 1. The molecule has 1 fully saturated rings. The average molecular weight is 143 g/mol. The van der Waals surface area contributed by atoms with Gasteiger partial charge in [0.2, 0.25) is 0 Å². The lowest BCUT2D eigenvalue weighted by Gasteiger charge is -2.27. The van der Waals surface area contributed by atoms with E-state index in [0.717, 1.165) is 0 Å². The van der Waals surface area contributed by atoms with E-state index in [1.807, 2.05) is 0 Å². The Hall–Kier alpha value is -1.06. The Morgan fingerprint density at radius 2 is 2.30 bits per heavy atom. The fraction of sp³-hybridized carbons (Fsp3) is 0.667. The minimum Gasteiger partial charge on any atom is -0.450 e. The van der Waals surface area contributed by atoms with E-state index in [-0.39, 0.29) is 25.0 Å². The summed E-state index contributed by atoms with van der Waals surface area (Å²) in [6.07, 6.45) is -0.387. The highest BCUT2D eigenvalue weighted by atomic mass is 16.6. The van der Waals surface area contributed by atoms with Crippen molar-refractivity contribution in [1.29, 1.82) is 0 Å². The van der Waals surface area contributed by atoms with Crippen LogP contribution in [-0.4, -0.2) is 36.5 Å². The van der Waals surface area contributed by atoms with E-state index in [0.29, 0.717) is 6.61 Å². The Labute approximate surface area is 58.8 Å². The first-order valence-electron chi connectivity index (χ1n) is 3.17. The Balaban J connectivity index is 2.24. The minimum atomic E-state index is -0.387. The number of ether oxygens (including phenoxy) is 1. The molecule has 0 aromatic rings. The van der Waals surface area contributed by atoms with Crippen LogP contribution in [-0.2, 0) is 9.53 Å². The van der Waals surface area contributed by atoms with Crippen molar-refractivity contribution in [2.24, 2.45) is 0 Å². The molecular weight excluding hydrogens is 134 g/mol. The number of nitrogens with zero attached hydrogens (tertiary/aromatic N) is 1. The molecule has 1 aliphatic rings. The lowest BCUT2D eigenvalue weighted by molar-refractivity contribution is -0.127. The third-order valence-corrected chi connectivity index (χ3v) is 1.26. The normalized spacial score (nSPS) is 16.5. The molecule has 10 heavy (non-hydrogen) atoms. The summed E-state index contributed by atoms with van der Waals surface area (Å²) in [5, 5.41) is 0. The van der Waals surface area contributed by atoms with Crippen molar-refractivity contribution in [1.82, 2.24) is 4.90 Å². The molecule has 0 N–H and O–H groups in total. The summed E-state index contributed by atoms with van der Waals surface area (Å²) < 4.78 is 4.63. The molecule has 0 aromatic heterocycles. The van der Waals surface area contributed by atoms with Gasteiger partial charge in [-0.25, -0.2) is 4.79 Å². The first kappa shape index (κ1) is 7.05. The highest BCUT2D eigenvalue weighted by Gasteiger charge is 2.28. The maximum Gasteiger partial charge on any atom is 0.410 e. The van der Waals surface area contributed by atoms with E-state index in [2.05, 4.69) is 4.74 Å². The number of likely N-dealkylation sites (tertiary alicyclic amines) is 1. The summed E-state index contributed by atoms with van der Waals surface area (Å²) in [6.45, 7) is 2.54. The summed E-state index contributed by atoms with van der Waals surface area (Å²) in [7, 11) is 0. The third-order valence-electron chi connectivity index (χ3n) is 1.26. The molecule has 0 bridgehead atoms. The van der Waals surface area contributed by atoms with Gasteiger partial charge in [-0.2, -0.15) is 0 Å². The Bertz CT molecular complexity index is 158. The first-order valence-corrected chi connectivity index (χ1v) is 3.17. The number of hydrogen-bond donors (Lipinski definition) is 0. The summed E-state index contributed by atoms with van der Waals surface area (Å²) in [6, 6.07) is 0. The third kappa shape index (κ3) is 1.26. The standard InChI is InChI=1S/C6H9NO3/c1-2-10-6(9)7-3-5(8)4-7/h2-4H2,1H3. The number of Topliss-reactive ketones (excluding diaryl/α,β-unsaturated/α-hetero) is 1.